The molecule has 1 aliphatic rings. The monoisotopic (exact) mass is 254 g/mol. The van der Waals surface area contributed by atoms with Crippen LogP contribution in [0.4, 0.5) is 4.39 Å². The molecule has 0 atom stereocenters. The van der Waals surface area contributed by atoms with Crippen LogP contribution in [0.15, 0.2) is 18.2 Å². The predicted octanol–water partition coefficient (Wildman–Crippen LogP) is 4.63. The number of hydrogen-bond acceptors (Lipinski definition) is 1. The van der Waals surface area contributed by atoms with Crippen molar-refractivity contribution in [3.05, 3.63) is 34.6 Å². The molecule has 1 aliphatic carbocycles. The summed E-state index contributed by atoms with van der Waals surface area (Å²) in [5.41, 5.74) is 0.157. The van der Waals surface area contributed by atoms with Crippen molar-refractivity contribution in [2.24, 2.45) is 5.92 Å². The fourth-order valence-electron chi connectivity index (χ4n) is 2.46. The van der Waals surface area contributed by atoms with Gasteiger partial charge >= 0.3 is 0 Å². The Bertz CT molecular complexity index is 409. The molecule has 2 rings (SSSR count). The lowest BCUT2D eigenvalue weighted by Gasteiger charge is -2.13. The van der Waals surface area contributed by atoms with E-state index in [4.69, 9.17) is 11.6 Å². The summed E-state index contributed by atoms with van der Waals surface area (Å²) < 4.78 is 13.8. The van der Waals surface area contributed by atoms with Crippen LogP contribution in [0.25, 0.3) is 0 Å². The Balaban J connectivity index is 2.20. The average Bonchev–Trinajstić information content (AvgIpc) is 2.60. The van der Waals surface area contributed by atoms with E-state index in [1.807, 2.05) is 0 Å². The largest absolute Gasteiger partial charge is 0.294 e. The van der Waals surface area contributed by atoms with E-state index in [2.05, 4.69) is 0 Å². The number of halogens is 2. The first-order valence-corrected chi connectivity index (χ1v) is 6.56. The number of carbonyl (C=O) groups is 1. The lowest BCUT2D eigenvalue weighted by atomic mass is 9.91. The lowest BCUT2D eigenvalue weighted by Crippen LogP contribution is -2.15. The molecule has 3 heteroatoms. The molecule has 0 bridgehead atoms. The van der Waals surface area contributed by atoms with Crippen LogP contribution in [-0.2, 0) is 0 Å². The molecule has 0 heterocycles. The number of carbonyl (C=O) groups excluding carboxylic acids is 1. The minimum Gasteiger partial charge on any atom is -0.294 e. The Morgan fingerprint density at radius 3 is 2.47 bits per heavy atom. The van der Waals surface area contributed by atoms with Crippen molar-refractivity contribution in [2.75, 3.05) is 0 Å². The highest BCUT2D eigenvalue weighted by Gasteiger charge is 2.24. The zero-order valence-electron chi connectivity index (χ0n) is 9.72. The van der Waals surface area contributed by atoms with Crippen LogP contribution in [-0.4, -0.2) is 5.78 Å². The summed E-state index contributed by atoms with van der Waals surface area (Å²) in [6, 6.07) is 4.64. The van der Waals surface area contributed by atoms with Crippen LogP contribution in [0.2, 0.25) is 5.02 Å². The van der Waals surface area contributed by atoms with Gasteiger partial charge in [0.05, 0.1) is 10.6 Å². The van der Waals surface area contributed by atoms with E-state index in [0.717, 1.165) is 25.7 Å². The first-order chi connectivity index (χ1) is 8.20. The molecule has 0 N–H and O–H groups in total. The standard InChI is InChI=1S/C14H16ClFO/c15-12-9-5-8-11(13(12)16)14(17)10-6-3-1-2-4-7-10/h5,8-10H,1-4,6-7H2. The molecule has 0 aliphatic heterocycles. The van der Waals surface area contributed by atoms with E-state index >= 15 is 0 Å². The second-order valence-corrected chi connectivity index (χ2v) is 5.06. The summed E-state index contributed by atoms with van der Waals surface area (Å²) >= 11 is 5.70. The van der Waals surface area contributed by atoms with Gasteiger partial charge in [0.25, 0.3) is 0 Å². The van der Waals surface area contributed by atoms with Gasteiger partial charge in [0.15, 0.2) is 11.6 Å². The van der Waals surface area contributed by atoms with Crippen LogP contribution in [0.5, 0.6) is 0 Å². The summed E-state index contributed by atoms with van der Waals surface area (Å²) in [5.74, 6) is -0.666. The summed E-state index contributed by atoms with van der Waals surface area (Å²) in [6.45, 7) is 0. The summed E-state index contributed by atoms with van der Waals surface area (Å²) in [6.07, 6.45) is 6.26. The van der Waals surface area contributed by atoms with Crippen molar-refractivity contribution in [1.82, 2.24) is 0 Å². The zero-order valence-corrected chi connectivity index (χ0v) is 10.5. The van der Waals surface area contributed by atoms with Gasteiger partial charge in [-0.1, -0.05) is 43.4 Å². The Morgan fingerprint density at radius 2 is 1.82 bits per heavy atom. The van der Waals surface area contributed by atoms with E-state index in [1.54, 1.807) is 6.07 Å². The van der Waals surface area contributed by atoms with E-state index in [0.29, 0.717) is 0 Å². The Kier molecular flexibility index (Phi) is 4.16. The highest BCUT2D eigenvalue weighted by atomic mass is 35.5. The molecule has 0 radical (unpaired) electrons. The van der Waals surface area contributed by atoms with Gasteiger partial charge in [-0.25, -0.2) is 4.39 Å². The van der Waals surface area contributed by atoms with Crippen molar-refractivity contribution in [3.63, 3.8) is 0 Å². The molecule has 0 saturated heterocycles. The van der Waals surface area contributed by atoms with Gasteiger partial charge in [0.1, 0.15) is 0 Å². The molecule has 92 valence electrons. The molecule has 1 nitrogen and oxygen atoms in total. The SMILES string of the molecule is O=C(c1cccc(Cl)c1F)C1CCCCCC1. The highest BCUT2D eigenvalue weighted by Crippen LogP contribution is 2.28. The molecule has 1 fully saturated rings. The van der Waals surface area contributed by atoms with E-state index < -0.39 is 5.82 Å². The number of hydrogen-bond donors (Lipinski definition) is 0. The van der Waals surface area contributed by atoms with E-state index in [-0.39, 0.29) is 22.3 Å². The van der Waals surface area contributed by atoms with Crippen molar-refractivity contribution in [1.29, 1.82) is 0 Å². The maximum Gasteiger partial charge on any atom is 0.168 e. The van der Waals surface area contributed by atoms with Gasteiger partial charge in [-0.3, -0.25) is 4.79 Å². The van der Waals surface area contributed by atoms with Gasteiger partial charge in [-0.2, -0.15) is 0 Å². The van der Waals surface area contributed by atoms with Crippen molar-refractivity contribution in [2.45, 2.75) is 38.5 Å². The molecular weight excluding hydrogens is 239 g/mol. The summed E-state index contributed by atoms with van der Waals surface area (Å²) in [7, 11) is 0. The average molecular weight is 255 g/mol. The molecule has 1 saturated carbocycles. The highest BCUT2D eigenvalue weighted by molar-refractivity contribution is 6.31. The van der Waals surface area contributed by atoms with Crippen LogP contribution in [0.3, 0.4) is 0 Å². The number of benzene rings is 1. The molecule has 0 aromatic heterocycles. The second kappa shape index (κ2) is 5.63. The van der Waals surface area contributed by atoms with Crippen LogP contribution in [0, 0.1) is 11.7 Å². The molecule has 0 spiro atoms. The first-order valence-electron chi connectivity index (χ1n) is 6.18. The molecule has 1 aromatic rings. The zero-order chi connectivity index (χ0) is 12.3. The maximum atomic E-state index is 13.8. The minimum absolute atomic E-state index is 0.0227. The molecule has 0 amide bonds. The van der Waals surface area contributed by atoms with Gasteiger partial charge in [0, 0.05) is 5.92 Å². The third-order valence-electron chi connectivity index (χ3n) is 3.44. The Hall–Kier alpha value is -0.890. The summed E-state index contributed by atoms with van der Waals surface area (Å²) in [4.78, 5) is 12.2. The topological polar surface area (TPSA) is 17.1 Å². The minimum atomic E-state index is -0.566. The van der Waals surface area contributed by atoms with Gasteiger partial charge < -0.3 is 0 Å². The Morgan fingerprint density at radius 1 is 1.18 bits per heavy atom. The maximum absolute atomic E-state index is 13.8. The molecule has 1 aromatic carbocycles. The third kappa shape index (κ3) is 2.86. The van der Waals surface area contributed by atoms with Crippen LogP contribution < -0.4 is 0 Å². The fourth-order valence-corrected chi connectivity index (χ4v) is 2.63. The second-order valence-electron chi connectivity index (χ2n) is 4.65. The normalized spacial score (nSPS) is 17.8. The smallest absolute Gasteiger partial charge is 0.168 e. The van der Waals surface area contributed by atoms with Gasteiger partial charge in [-0.05, 0) is 25.0 Å². The van der Waals surface area contributed by atoms with E-state index in [9.17, 15) is 9.18 Å². The number of ketones is 1. The third-order valence-corrected chi connectivity index (χ3v) is 3.73. The van der Waals surface area contributed by atoms with Crippen molar-refractivity contribution < 1.29 is 9.18 Å². The van der Waals surface area contributed by atoms with Gasteiger partial charge in [-0.15, -0.1) is 0 Å². The summed E-state index contributed by atoms with van der Waals surface area (Å²) in [5, 5.41) is 0.0319. The molecule has 0 unspecified atom stereocenters. The van der Waals surface area contributed by atoms with Crippen LogP contribution in [0.1, 0.15) is 48.9 Å². The number of rotatable bonds is 2. The lowest BCUT2D eigenvalue weighted by molar-refractivity contribution is 0.0903. The van der Waals surface area contributed by atoms with Crippen molar-refractivity contribution in [3.8, 4) is 0 Å². The van der Waals surface area contributed by atoms with Gasteiger partial charge in [0.2, 0.25) is 0 Å². The Labute approximate surface area is 106 Å². The van der Waals surface area contributed by atoms with E-state index in [1.165, 1.54) is 25.0 Å². The van der Waals surface area contributed by atoms with Crippen molar-refractivity contribution >= 4 is 17.4 Å². The number of Topliss-reactive ketones (excluding diaryl/α,β-unsaturated/α-hetero) is 1. The first kappa shape index (κ1) is 12.6. The molecular formula is C14H16ClFO. The fraction of sp³-hybridized carbons (Fsp3) is 0.500. The van der Waals surface area contributed by atoms with Crippen LogP contribution >= 0.6 is 11.6 Å². The quantitative estimate of drug-likeness (QED) is 0.555. The predicted molar refractivity (Wildman–Crippen MR) is 66.9 cm³/mol. The molecule has 17 heavy (non-hydrogen) atoms.